The maximum absolute atomic E-state index is 12.5. The first-order chi connectivity index (χ1) is 9.93. The van der Waals surface area contributed by atoms with E-state index in [1.54, 1.807) is 12.1 Å². The zero-order valence-corrected chi connectivity index (χ0v) is 13.6. The fourth-order valence-electron chi connectivity index (χ4n) is 3.25. The van der Waals surface area contributed by atoms with E-state index in [2.05, 4.69) is 4.72 Å². The Morgan fingerprint density at radius 1 is 1.29 bits per heavy atom. The van der Waals surface area contributed by atoms with Crippen LogP contribution in [0.4, 0.5) is 0 Å². The van der Waals surface area contributed by atoms with Crippen molar-refractivity contribution in [2.45, 2.75) is 43.5 Å². The zero-order valence-electron chi connectivity index (χ0n) is 12.1. The highest BCUT2D eigenvalue weighted by Crippen LogP contribution is 2.49. The van der Waals surface area contributed by atoms with Gasteiger partial charge in [0.15, 0.2) is 0 Å². The van der Waals surface area contributed by atoms with E-state index in [0.29, 0.717) is 5.02 Å². The molecule has 1 aromatic carbocycles. The number of hydrogen-bond acceptors (Lipinski definition) is 3. The van der Waals surface area contributed by atoms with Crippen LogP contribution in [-0.2, 0) is 14.8 Å². The Kier molecular flexibility index (Phi) is 4.03. The van der Waals surface area contributed by atoms with Crippen molar-refractivity contribution in [2.24, 2.45) is 5.41 Å². The number of sulfonamides is 1. The molecule has 1 atom stereocenters. The minimum atomic E-state index is -3.51. The van der Waals surface area contributed by atoms with Crippen LogP contribution in [-0.4, -0.2) is 27.7 Å². The summed E-state index contributed by atoms with van der Waals surface area (Å²) in [5.74, 6) is 0. The van der Waals surface area contributed by atoms with Gasteiger partial charge in [-0.05, 0) is 55.7 Å². The first-order valence-electron chi connectivity index (χ1n) is 7.29. The molecule has 0 aromatic heterocycles. The van der Waals surface area contributed by atoms with Crippen molar-refractivity contribution in [2.75, 3.05) is 13.2 Å². The number of hydrogen-bond donors (Lipinski definition) is 1. The first-order valence-corrected chi connectivity index (χ1v) is 9.15. The van der Waals surface area contributed by atoms with Crippen LogP contribution in [0.15, 0.2) is 23.1 Å². The molecule has 0 radical (unpaired) electrons. The van der Waals surface area contributed by atoms with E-state index in [-0.39, 0.29) is 16.4 Å². The summed E-state index contributed by atoms with van der Waals surface area (Å²) in [5, 5.41) is 0.479. The summed E-state index contributed by atoms with van der Waals surface area (Å²) in [6, 6.07) is 4.89. The van der Waals surface area contributed by atoms with E-state index in [0.717, 1.165) is 44.5 Å². The second-order valence-electron chi connectivity index (χ2n) is 6.10. The van der Waals surface area contributed by atoms with Crippen LogP contribution in [0.1, 0.15) is 31.2 Å². The van der Waals surface area contributed by atoms with Crippen LogP contribution < -0.4 is 4.72 Å². The Morgan fingerprint density at radius 2 is 2.00 bits per heavy atom. The predicted molar refractivity (Wildman–Crippen MR) is 82.0 cm³/mol. The monoisotopic (exact) mass is 329 g/mol. The van der Waals surface area contributed by atoms with Gasteiger partial charge in [0.2, 0.25) is 10.0 Å². The molecule has 1 saturated heterocycles. The van der Waals surface area contributed by atoms with E-state index in [4.69, 9.17) is 16.3 Å². The van der Waals surface area contributed by atoms with Crippen molar-refractivity contribution in [1.29, 1.82) is 0 Å². The highest BCUT2D eigenvalue weighted by molar-refractivity contribution is 7.89. The second kappa shape index (κ2) is 5.54. The minimum Gasteiger partial charge on any atom is -0.381 e. The molecule has 116 valence electrons. The highest BCUT2D eigenvalue weighted by Gasteiger charge is 2.48. The number of ether oxygens (including phenoxy) is 1. The number of aryl methyl sites for hydroxylation is 1. The van der Waals surface area contributed by atoms with Gasteiger partial charge in [-0.2, -0.15) is 0 Å². The van der Waals surface area contributed by atoms with Gasteiger partial charge >= 0.3 is 0 Å². The summed E-state index contributed by atoms with van der Waals surface area (Å²) in [6.45, 7) is 3.32. The molecule has 1 aliphatic heterocycles. The zero-order chi connectivity index (χ0) is 15.1. The number of rotatable bonds is 3. The smallest absolute Gasteiger partial charge is 0.240 e. The van der Waals surface area contributed by atoms with Crippen LogP contribution >= 0.6 is 11.6 Å². The van der Waals surface area contributed by atoms with Crippen LogP contribution in [0.3, 0.4) is 0 Å². The van der Waals surface area contributed by atoms with Gasteiger partial charge in [-0.25, -0.2) is 13.1 Å². The molecule has 1 saturated carbocycles. The molecule has 3 rings (SSSR count). The maximum atomic E-state index is 12.5. The average molecular weight is 330 g/mol. The van der Waals surface area contributed by atoms with Crippen LogP contribution in [0.5, 0.6) is 0 Å². The molecule has 1 unspecified atom stereocenters. The minimum absolute atomic E-state index is 0.0199. The third-order valence-corrected chi connectivity index (χ3v) is 6.79. The molecular weight excluding hydrogens is 310 g/mol. The van der Waals surface area contributed by atoms with Crippen LogP contribution in [0.25, 0.3) is 0 Å². The summed E-state index contributed by atoms with van der Waals surface area (Å²) in [5.41, 5.74) is 0.972. The predicted octanol–water partition coefficient (Wildman–Crippen LogP) is 2.89. The number of halogens is 1. The second-order valence-corrected chi connectivity index (χ2v) is 8.22. The molecular formula is C15H20ClNO3S. The summed E-state index contributed by atoms with van der Waals surface area (Å²) >= 11 is 6.04. The van der Waals surface area contributed by atoms with Crippen LogP contribution in [0, 0.1) is 12.3 Å². The van der Waals surface area contributed by atoms with Gasteiger partial charge in [0.25, 0.3) is 0 Å². The van der Waals surface area contributed by atoms with E-state index < -0.39 is 10.0 Å². The molecule has 1 N–H and O–H groups in total. The largest absolute Gasteiger partial charge is 0.381 e. The SMILES string of the molecule is Cc1ccc(S(=O)(=O)NC2CCC23CCOCC3)cc1Cl. The Labute approximate surface area is 130 Å². The van der Waals surface area contributed by atoms with E-state index in [9.17, 15) is 8.42 Å². The summed E-state index contributed by atoms with van der Waals surface area (Å²) < 4.78 is 33.3. The highest BCUT2D eigenvalue weighted by atomic mass is 35.5. The Morgan fingerprint density at radius 3 is 2.57 bits per heavy atom. The van der Waals surface area contributed by atoms with Gasteiger partial charge in [0.05, 0.1) is 4.90 Å². The Balaban J connectivity index is 1.78. The van der Waals surface area contributed by atoms with E-state index in [1.165, 1.54) is 6.07 Å². The van der Waals surface area contributed by atoms with Gasteiger partial charge < -0.3 is 4.74 Å². The maximum Gasteiger partial charge on any atom is 0.240 e. The normalized spacial score (nSPS) is 24.8. The van der Waals surface area contributed by atoms with Crippen molar-refractivity contribution in [3.05, 3.63) is 28.8 Å². The van der Waals surface area contributed by atoms with Gasteiger partial charge in [-0.1, -0.05) is 17.7 Å². The molecule has 0 amide bonds. The summed E-state index contributed by atoms with van der Waals surface area (Å²) in [6.07, 6.45) is 3.86. The van der Waals surface area contributed by atoms with Crippen molar-refractivity contribution in [3.63, 3.8) is 0 Å². The fraction of sp³-hybridized carbons (Fsp3) is 0.600. The molecule has 1 aliphatic carbocycles. The molecule has 1 spiro atoms. The topological polar surface area (TPSA) is 55.4 Å². The van der Waals surface area contributed by atoms with Gasteiger partial charge in [-0.3, -0.25) is 0 Å². The van der Waals surface area contributed by atoms with Crippen LogP contribution in [0.2, 0.25) is 5.02 Å². The molecule has 2 aliphatic rings. The lowest BCUT2D eigenvalue weighted by Crippen LogP contribution is -2.57. The molecule has 2 fully saturated rings. The molecule has 0 bridgehead atoms. The van der Waals surface area contributed by atoms with Crippen molar-refractivity contribution < 1.29 is 13.2 Å². The van der Waals surface area contributed by atoms with Gasteiger partial charge in [-0.15, -0.1) is 0 Å². The summed E-state index contributed by atoms with van der Waals surface area (Å²) in [4.78, 5) is 0.243. The lowest BCUT2D eigenvalue weighted by molar-refractivity contribution is -0.0483. The molecule has 21 heavy (non-hydrogen) atoms. The third-order valence-electron chi connectivity index (χ3n) is 4.91. The lowest BCUT2D eigenvalue weighted by atomic mass is 9.60. The molecule has 1 heterocycles. The standard InChI is InChI=1S/C15H20ClNO3S/c1-11-2-3-12(10-13(11)16)21(18,19)17-14-4-5-15(14)6-8-20-9-7-15/h2-3,10,14,17H,4-9H2,1H3. The third kappa shape index (κ3) is 2.84. The Hall–Kier alpha value is -0.620. The number of nitrogens with one attached hydrogen (secondary N) is 1. The van der Waals surface area contributed by atoms with Gasteiger partial charge in [0.1, 0.15) is 0 Å². The summed E-state index contributed by atoms with van der Waals surface area (Å²) in [7, 11) is -3.51. The van der Waals surface area contributed by atoms with Crippen molar-refractivity contribution in [3.8, 4) is 0 Å². The Bertz CT molecular complexity index is 638. The molecule has 6 heteroatoms. The lowest BCUT2D eigenvalue weighted by Gasteiger charge is -2.51. The molecule has 4 nitrogen and oxygen atoms in total. The van der Waals surface area contributed by atoms with Gasteiger partial charge in [0, 0.05) is 24.3 Å². The first kappa shape index (κ1) is 15.3. The quantitative estimate of drug-likeness (QED) is 0.927. The molecule has 1 aromatic rings. The number of benzene rings is 1. The van der Waals surface area contributed by atoms with Crippen molar-refractivity contribution in [1.82, 2.24) is 4.72 Å². The fourth-order valence-corrected chi connectivity index (χ4v) is 4.90. The average Bonchev–Trinajstić information content (AvgIpc) is 2.47. The van der Waals surface area contributed by atoms with Crippen molar-refractivity contribution >= 4 is 21.6 Å². The van der Waals surface area contributed by atoms with E-state index >= 15 is 0 Å². The van der Waals surface area contributed by atoms with E-state index in [1.807, 2.05) is 6.92 Å².